The lowest BCUT2D eigenvalue weighted by atomic mass is 9.91. The van der Waals surface area contributed by atoms with Gasteiger partial charge >= 0.3 is 0 Å². The number of benzene rings is 2. The smallest absolute Gasteiger partial charge is 0.191 e. The summed E-state index contributed by atoms with van der Waals surface area (Å²) in [4.78, 5) is 11.3. The Morgan fingerprint density at radius 1 is 0.935 bits per heavy atom. The average Bonchev–Trinajstić information content (AvgIpc) is 3.38. The number of aromatic nitrogens is 1. The Balaban J connectivity index is 1.39. The summed E-state index contributed by atoms with van der Waals surface area (Å²) in [5.41, 5.74) is 3.80. The first kappa shape index (κ1) is 20.9. The van der Waals surface area contributed by atoms with Gasteiger partial charge in [-0.15, -0.1) is 0 Å². The molecule has 160 valence electrons. The summed E-state index contributed by atoms with van der Waals surface area (Å²) >= 11 is 0. The topological polar surface area (TPSA) is 52.6 Å². The Kier molecular flexibility index (Phi) is 7.16. The molecule has 0 atom stereocenters. The van der Waals surface area contributed by atoms with Crippen LogP contribution in [0.1, 0.15) is 35.4 Å². The fourth-order valence-electron chi connectivity index (χ4n) is 4.09. The van der Waals surface area contributed by atoms with Crippen LogP contribution in [0.15, 0.2) is 84.0 Å². The van der Waals surface area contributed by atoms with E-state index in [4.69, 9.17) is 0 Å². The minimum atomic E-state index is 0.253. The molecule has 5 heteroatoms. The SMILES string of the molecule is CN=C(NCc1ccnc(N2CCCC2)c1)NCC(c1ccccc1)c1ccccc1. The number of nitrogens with zero attached hydrogens (tertiary/aromatic N) is 3. The van der Waals surface area contributed by atoms with Gasteiger partial charge in [0.15, 0.2) is 5.96 Å². The van der Waals surface area contributed by atoms with E-state index in [-0.39, 0.29) is 5.92 Å². The number of hydrogen-bond acceptors (Lipinski definition) is 3. The summed E-state index contributed by atoms with van der Waals surface area (Å²) in [7, 11) is 1.82. The minimum Gasteiger partial charge on any atom is -0.357 e. The lowest BCUT2D eigenvalue weighted by molar-refractivity contribution is 0.728. The highest BCUT2D eigenvalue weighted by Gasteiger charge is 2.15. The molecule has 0 aliphatic carbocycles. The average molecular weight is 414 g/mol. The molecule has 1 aromatic heterocycles. The maximum atomic E-state index is 4.55. The maximum absolute atomic E-state index is 4.55. The molecule has 2 heterocycles. The van der Waals surface area contributed by atoms with E-state index in [9.17, 15) is 0 Å². The van der Waals surface area contributed by atoms with Gasteiger partial charge in [-0.2, -0.15) is 0 Å². The highest BCUT2D eigenvalue weighted by molar-refractivity contribution is 5.79. The van der Waals surface area contributed by atoms with Crippen molar-refractivity contribution in [2.75, 3.05) is 31.6 Å². The monoisotopic (exact) mass is 413 g/mol. The van der Waals surface area contributed by atoms with Crippen molar-refractivity contribution in [1.29, 1.82) is 0 Å². The van der Waals surface area contributed by atoms with E-state index in [0.717, 1.165) is 31.4 Å². The van der Waals surface area contributed by atoms with Gasteiger partial charge in [-0.1, -0.05) is 60.7 Å². The van der Waals surface area contributed by atoms with Gasteiger partial charge in [0.1, 0.15) is 5.82 Å². The van der Waals surface area contributed by atoms with Crippen LogP contribution < -0.4 is 15.5 Å². The van der Waals surface area contributed by atoms with E-state index in [0.29, 0.717) is 6.54 Å². The summed E-state index contributed by atoms with van der Waals surface area (Å²) < 4.78 is 0. The Morgan fingerprint density at radius 3 is 2.19 bits per heavy atom. The van der Waals surface area contributed by atoms with Crippen molar-refractivity contribution in [3.05, 3.63) is 95.7 Å². The molecule has 0 spiro atoms. The molecule has 0 saturated carbocycles. The molecule has 31 heavy (non-hydrogen) atoms. The number of pyridine rings is 1. The number of aliphatic imine (C=N–C) groups is 1. The predicted molar refractivity (Wildman–Crippen MR) is 129 cm³/mol. The molecule has 4 rings (SSSR count). The lowest BCUT2D eigenvalue weighted by Crippen LogP contribution is -2.39. The molecule has 0 radical (unpaired) electrons. The molecule has 1 aliphatic heterocycles. The third-order valence-electron chi connectivity index (χ3n) is 5.80. The molecule has 5 nitrogen and oxygen atoms in total. The first-order chi connectivity index (χ1) is 15.3. The second-order valence-electron chi connectivity index (χ2n) is 7.90. The van der Waals surface area contributed by atoms with Crippen molar-refractivity contribution in [2.24, 2.45) is 4.99 Å². The number of rotatable bonds is 7. The Hall–Kier alpha value is -3.34. The van der Waals surface area contributed by atoms with Crippen molar-refractivity contribution >= 4 is 11.8 Å². The molecule has 2 aromatic carbocycles. The Labute approximate surface area is 185 Å². The van der Waals surface area contributed by atoms with Crippen molar-refractivity contribution in [1.82, 2.24) is 15.6 Å². The van der Waals surface area contributed by atoms with E-state index in [1.165, 1.54) is 29.5 Å². The van der Waals surface area contributed by atoms with Crippen molar-refractivity contribution in [3.8, 4) is 0 Å². The first-order valence-corrected chi connectivity index (χ1v) is 11.1. The molecule has 1 aliphatic rings. The van der Waals surface area contributed by atoms with Crippen LogP contribution >= 0.6 is 0 Å². The molecule has 0 unspecified atom stereocenters. The van der Waals surface area contributed by atoms with Gasteiger partial charge in [-0.25, -0.2) is 4.98 Å². The van der Waals surface area contributed by atoms with Gasteiger partial charge in [0, 0.05) is 45.3 Å². The molecule has 1 fully saturated rings. The summed E-state index contributed by atoms with van der Waals surface area (Å²) in [6.45, 7) is 3.69. The lowest BCUT2D eigenvalue weighted by Gasteiger charge is -2.21. The van der Waals surface area contributed by atoms with Gasteiger partial charge in [-0.3, -0.25) is 4.99 Å². The normalized spacial score (nSPS) is 14.1. The maximum Gasteiger partial charge on any atom is 0.191 e. The zero-order chi connectivity index (χ0) is 21.3. The second kappa shape index (κ2) is 10.6. The first-order valence-electron chi connectivity index (χ1n) is 11.1. The number of guanidine groups is 1. The molecule has 1 saturated heterocycles. The highest BCUT2D eigenvalue weighted by atomic mass is 15.2. The number of hydrogen-bond donors (Lipinski definition) is 2. The molecule has 3 aromatic rings. The molecule has 0 amide bonds. The molecule has 2 N–H and O–H groups in total. The fourth-order valence-corrected chi connectivity index (χ4v) is 4.09. The summed E-state index contributed by atoms with van der Waals surface area (Å²) in [6.07, 6.45) is 4.41. The van der Waals surface area contributed by atoms with Crippen LogP contribution in [0.4, 0.5) is 5.82 Å². The standard InChI is InChI=1S/C26H31N5/c1-27-26(29-19-21-14-15-28-25(18-21)31-16-8-9-17-31)30-20-24(22-10-4-2-5-11-22)23-12-6-3-7-13-23/h2-7,10-15,18,24H,8-9,16-17,19-20H2,1H3,(H2,27,29,30). The van der Waals surface area contributed by atoms with E-state index < -0.39 is 0 Å². The van der Waals surface area contributed by atoms with Crippen LogP contribution in [0.3, 0.4) is 0 Å². The van der Waals surface area contributed by atoms with Gasteiger partial charge in [0.05, 0.1) is 0 Å². The van der Waals surface area contributed by atoms with Crippen molar-refractivity contribution in [2.45, 2.75) is 25.3 Å². The molecular formula is C26H31N5. The van der Waals surface area contributed by atoms with Gasteiger partial charge < -0.3 is 15.5 Å². The van der Waals surface area contributed by atoms with Crippen LogP contribution in [0.2, 0.25) is 0 Å². The third-order valence-corrected chi connectivity index (χ3v) is 5.80. The number of nitrogens with one attached hydrogen (secondary N) is 2. The second-order valence-corrected chi connectivity index (χ2v) is 7.90. The fraction of sp³-hybridized carbons (Fsp3) is 0.308. The summed E-state index contributed by atoms with van der Waals surface area (Å²) in [5.74, 6) is 2.13. The zero-order valence-electron chi connectivity index (χ0n) is 18.2. The zero-order valence-corrected chi connectivity index (χ0v) is 18.2. The van der Waals surface area contributed by atoms with Crippen LogP contribution in [0, 0.1) is 0 Å². The van der Waals surface area contributed by atoms with Gasteiger partial charge in [0.2, 0.25) is 0 Å². The quantitative estimate of drug-likeness (QED) is 0.451. The van der Waals surface area contributed by atoms with Crippen LogP contribution in [0.25, 0.3) is 0 Å². The largest absolute Gasteiger partial charge is 0.357 e. The van der Waals surface area contributed by atoms with Crippen molar-refractivity contribution < 1.29 is 0 Å². The van der Waals surface area contributed by atoms with Crippen LogP contribution in [-0.2, 0) is 6.54 Å². The van der Waals surface area contributed by atoms with E-state index >= 15 is 0 Å². The Bertz CT molecular complexity index is 926. The van der Waals surface area contributed by atoms with Gasteiger partial charge in [-0.05, 0) is 41.7 Å². The van der Waals surface area contributed by atoms with Crippen molar-refractivity contribution in [3.63, 3.8) is 0 Å². The van der Waals surface area contributed by atoms with Crippen LogP contribution in [-0.4, -0.2) is 37.6 Å². The highest BCUT2D eigenvalue weighted by Crippen LogP contribution is 2.23. The van der Waals surface area contributed by atoms with E-state index in [2.05, 4.69) is 98.3 Å². The third kappa shape index (κ3) is 5.63. The van der Waals surface area contributed by atoms with Gasteiger partial charge in [0.25, 0.3) is 0 Å². The summed E-state index contributed by atoms with van der Waals surface area (Å²) in [5, 5.41) is 6.97. The summed E-state index contributed by atoms with van der Waals surface area (Å²) in [6, 6.07) is 25.5. The number of anilines is 1. The predicted octanol–water partition coefficient (Wildman–Crippen LogP) is 4.18. The minimum absolute atomic E-state index is 0.253. The van der Waals surface area contributed by atoms with E-state index in [1.807, 2.05) is 13.2 Å². The molecule has 0 bridgehead atoms. The Morgan fingerprint density at radius 2 is 1.58 bits per heavy atom. The van der Waals surface area contributed by atoms with E-state index in [1.54, 1.807) is 0 Å². The van der Waals surface area contributed by atoms with Crippen LogP contribution in [0.5, 0.6) is 0 Å². The molecular weight excluding hydrogens is 382 g/mol.